The minimum atomic E-state index is -1.30. The Hall–Kier alpha value is -6.27. The average molecular weight is 771 g/mol. The fourth-order valence-electron chi connectivity index (χ4n) is 7.42. The number of alkyl carbamates (subject to hydrolysis) is 1. The summed E-state index contributed by atoms with van der Waals surface area (Å²) < 4.78 is 9.65. The molecule has 4 heterocycles. The van der Waals surface area contributed by atoms with Gasteiger partial charge in [0.05, 0.1) is 43.0 Å². The van der Waals surface area contributed by atoms with Crippen LogP contribution in [0.25, 0.3) is 22.5 Å². The maximum atomic E-state index is 13.9. The number of carbonyl (C=O) groups excluding carboxylic acids is 3. The molecule has 3 amide bonds. The number of aliphatic hydroxyl groups is 1. The number of amides is 3. The van der Waals surface area contributed by atoms with Gasteiger partial charge in [0.2, 0.25) is 18.2 Å². The number of hydrogen-bond acceptors (Lipinski definition) is 9. The van der Waals surface area contributed by atoms with Gasteiger partial charge >= 0.3 is 6.09 Å². The third-order valence-electron chi connectivity index (χ3n) is 10.4. The van der Waals surface area contributed by atoms with Gasteiger partial charge in [-0.15, -0.1) is 0 Å². The first-order valence-corrected chi connectivity index (χ1v) is 19.0. The van der Waals surface area contributed by atoms with Crippen molar-refractivity contribution in [3.8, 4) is 34.4 Å². The lowest BCUT2D eigenvalue weighted by Gasteiger charge is -2.29. The number of H-pyrrole nitrogens is 2. The molecule has 0 spiro atoms. The van der Waals surface area contributed by atoms with Crippen molar-refractivity contribution < 1.29 is 29.0 Å². The highest BCUT2D eigenvalue weighted by molar-refractivity contribution is 5.86. The number of hydrogen-bond donors (Lipinski definition) is 5. The van der Waals surface area contributed by atoms with Crippen molar-refractivity contribution in [1.82, 2.24) is 40.4 Å². The second kappa shape index (κ2) is 17.7. The number of aromatic nitrogens is 4. The van der Waals surface area contributed by atoms with Gasteiger partial charge in [0, 0.05) is 31.3 Å². The number of methoxy groups -OCH3 is 2. The van der Waals surface area contributed by atoms with E-state index < -0.39 is 24.6 Å². The zero-order valence-electron chi connectivity index (χ0n) is 32.1. The van der Waals surface area contributed by atoms with Crippen LogP contribution in [0.5, 0.6) is 0 Å². The van der Waals surface area contributed by atoms with E-state index in [0.717, 1.165) is 64.9 Å². The van der Waals surface area contributed by atoms with E-state index in [1.165, 1.54) is 14.2 Å². The molecule has 14 heteroatoms. The van der Waals surface area contributed by atoms with E-state index in [1.807, 2.05) is 83.8 Å². The van der Waals surface area contributed by atoms with Crippen molar-refractivity contribution in [2.75, 3.05) is 27.3 Å². The predicted molar refractivity (Wildman–Crippen MR) is 212 cm³/mol. The Morgan fingerprint density at radius 1 is 0.772 bits per heavy atom. The molecule has 14 nitrogen and oxygen atoms in total. The molecule has 5 N–H and O–H groups in total. The van der Waals surface area contributed by atoms with Crippen LogP contribution >= 0.6 is 0 Å². The molecule has 2 saturated heterocycles. The van der Waals surface area contributed by atoms with Crippen LogP contribution in [0, 0.1) is 11.8 Å². The summed E-state index contributed by atoms with van der Waals surface area (Å²) in [5.41, 5.74) is 6.02. The Balaban J connectivity index is 0.975. The average Bonchev–Trinajstić information content (AvgIpc) is 4.09. The molecule has 2 aliphatic heterocycles. The van der Waals surface area contributed by atoms with Crippen molar-refractivity contribution in [2.45, 2.75) is 63.2 Å². The highest BCUT2D eigenvalue weighted by Gasteiger charge is 2.37. The smallest absolute Gasteiger partial charge is 0.407 e. The van der Waals surface area contributed by atoms with E-state index in [-0.39, 0.29) is 23.9 Å². The zero-order valence-corrected chi connectivity index (χ0v) is 32.1. The number of nitrogens with one attached hydrogen (secondary N) is 4. The molecule has 294 valence electrons. The van der Waals surface area contributed by atoms with Gasteiger partial charge in [-0.05, 0) is 73.6 Å². The number of aromatic amines is 2. The van der Waals surface area contributed by atoms with Crippen molar-refractivity contribution in [2.24, 2.45) is 0 Å². The van der Waals surface area contributed by atoms with Gasteiger partial charge in [-0.25, -0.2) is 14.8 Å². The summed E-state index contributed by atoms with van der Waals surface area (Å²) in [6, 6.07) is 23.2. The largest absolute Gasteiger partial charge is 0.453 e. The number of nitrogens with zero attached hydrogens (tertiary/aromatic N) is 4. The van der Waals surface area contributed by atoms with Gasteiger partial charge < -0.3 is 39.7 Å². The number of aliphatic hydroxyl groups excluding tert-OH is 1. The predicted octanol–water partition coefficient (Wildman–Crippen LogP) is 5.19. The van der Waals surface area contributed by atoms with Gasteiger partial charge in [0.15, 0.2) is 0 Å². The quantitative estimate of drug-likeness (QED) is 0.0894. The van der Waals surface area contributed by atoms with Gasteiger partial charge in [0.25, 0.3) is 0 Å². The summed E-state index contributed by atoms with van der Waals surface area (Å²) in [5.74, 6) is 7.57. The molecule has 3 aromatic carbocycles. The second-order valence-electron chi connectivity index (χ2n) is 14.1. The summed E-state index contributed by atoms with van der Waals surface area (Å²) in [7, 11) is 2.64. The van der Waals surface area contributed by atoms with Crippen LogP contribution in [0.1, 0.15) is 79.1 Å². The van der Waals surface area contributed by atoms with Crippen LogP contribution in [0.3, 0.4) is 0 Å². The molecule has 1 unspecified atom stereocenters. The van der Waals surface area contributed by atoms with E-state index >= 15 is 0 Å². The van der Waals surface area contributed by atoms with E-state index in [9.17, 15) is 19.5 Å². The molecule has 5 atom stereocenters. The minimum Gasteiger partial charge on any atom is -0.453 e. The number of ether oxygens (including phenoxy) is 2. The third kappa shape index (κ3) is 8.92. The summed E-state index contributed by atoms with van der Waals surface area (Å²) in [5, 5.41) is 15.6. The number of imidazole rings is 2. The topological polar surface area (TPSA) is 178 Å². The molecule has 0 bridgehead atoms. The number of rotatable bonds is 11. The Kier molecular flexibility index (Phi) is 12.1. The van der Waals surface area contributed by atoms with Crippen LogP contribution in [0.2, 0.25) is 0 Å². The SMILES string of the molecule is COC(=O)N[C@@H](C)C(=O)N1CCC[C@H]1c1ncc(-c2ccc(C#Cc3ccc(-c4cnc([C@@H]5CCCN5C(=O)[C@H](NC(O)OC)c5ccccc5)[nH]4)cc3)cc2)[nH]1. The zero-order chi connectivity index (χ0) is 39.9. The fraction of sp³-hybridized carbons (Fsp3) is 0.326. The summed E-state index contributed by atoms with van der Waals surface area (Å²) >= 11 is 0. The normalized spacial score (nSPS) is 18.0. The molecule has 0 saturated carbocycles. The molecule has 2 aliphatic rings. The minimum absolute atomic E-state index is 0.158. The van der Waals surface area contributed by atoms with Crippen molar-refractivity contribution in [1.29, 1.82) is 0 Å². The lowest BCUT2D eigenvalue weighted by atomic mass is 10.0. The van der Waals surface area contributed by atoms with Crippen molar-refractivity contribution in [3.63, 3.8) is 0 Å². The molecule has 0 radical (unpaired) electrons. The van der Waals surface area contributed by atoms with Crippen molar-refractivity contribution in [3.05, 3.63) is 120 Å². The van der Waals surface area contributed by atoms with E-state index in [2.05, 4.69) is 47.1 Å². The Morgan fingerprint density at radius 3 is 1.77 bits per heavy atom. The summed E-state index contributed by atoms with van der Waals surface area (Å²) in [4.78, 5) is 58.3. The summed E-state index contributed by atoms with van der Waals surface area (Å²) in [6.07, 6.45) is 4.85. The van der Waals surface area contributed by atoms with Gasteiger partial charge in [-0.1, -0.05) is 66.4 Å². The van der Waals surface area contributed by atoms with Gasteiger partial charge in [-0.2, -0.15) is 0 Å². The second-order valence-corrected chi connectivity index (χ2v) is 14.1. The number of benzene rings is 3. The lowest BCUT2D eigenvalue weighted by molar-refractivity contribution is -0.143. The van der Waals surface area contributed by atoms with Crippen LogP contribution in [-0.2, 0) is 19.1 Å². The van der Waals surface area contributed by atoms with E-state index in [1.54, 1.807) is 24.2 Å². The lowest BCUT2D eigenvalue weighted by Crippen LogP contribution is -2.46. The first-order chi connectivity index (χ1) is 27.7. The molecule has 0 aliphatic carbocycles. The molecule has 2 aromatic heterocycles. The number of likely N-dealkylation sites (tertiary alicyclic amines) is 2. The van der Waals surface area contributed by atoms with Crippen LogP contribution in [-0.4, -0.2) is 92.5 Å². The monoisotopic (exact) mass is 770 g/mol. The summed E-state index contributed by atoms with van der Waals surface area (Å²) in [6.45, 7) is 2.82. The highest BCUT2D eigenvalue weighted by atomic mass is 16.6. The van der Waals surface area contributed by atoms with E-state index in [0.29, 0.717) is 24.7 Å². The maximum Gasteiger partial charge on any atom is 0.407 e. The standard InChI is InChI=1S/C43H46N8O6/c1-27(46-42(54)56-2)40(52)50-23-7-11-35(50)38-44-25-33(47-38)30-19-15-28(16-20-30)13-14-29-17-21-31(22-18-29)34-26-45-39(48-34)36-12-8-24-51(36)41(53)37(49-43(55)57-3)32-9-5-4-6-10-32/h4-6,9-10,15-22,25-27,35-37,43,49,55H,7-8,11-12,23-24H2,1-3H3,(H,44,47)(H,45,48)(H,46,54)/t27-,35-,36-,37+,43?/m0/s1. The molecule has 2 fully saturated rings. The van der Waals surface area contributed by atoms with Crippen LogP contribution in [0.4, 0.5) is 4.79 Å². The Morgan fingerprint density at radius 2 is 1.28 bits per heavy atom. The molecule has 7 rings (SSSR count). The maximum absolute atomic E-state index is 13.9. The van der Waals surface area contributed by atoms with Crippen molar-refractivity contribution >= 4 is 17.9 Å². The first-order valence-electron chi connectivity index (χ1n) is 19.0. The Bertz CT molecular complexity index is 2230. The van der Waals surface area contributed by atoms with Gasteiger partial charge in [0.1, 0.15) is 23.7 Å². The number of carbonyl (C=O) groups is 3. The third-order valence-corrected chi connectivity index (χ3v) is 10.4. The molecular weight excluding hydrogens is 725 g/mol. The molecule has 57 heavy (non-hydrogen) atoms. The first kappa shape index (κ1) is 39.0. The molecule has 5 aromatic rings. The van der Waals surface area contributed by atoms with E-state index in [4.69, 9.17) is 4.74 Å². The highest BCUT2D eigenvalue weighted by Crippen LogP contribution is 2.35. The van der Waals surface area contributed by atoms with Crippen LogP contribution < -0.4 is 10.6 Å². The van der Waals surface area contributed by atoms with Crippen LogP contribution in [0.15, 0.2) is 91.3 Å². The molecular formula is C43H46N8O6. The fourth-order valence-corrected chi connectivity index (χ4v) is 7.42. The Labute approximate surface area is 331 Å². The van der Waals surface area contributed by atoms with Gasteiger partial charge in [-0.3, -0.25) is 14.9 Å².